The van der Waals surface area contributed by atoms with Crippen LogP contribution < -0.4 is 0 Å². The number of amides is 2. The number of likely N-dealkylation sites (N-methyl/N-ethyl adjacent to an activating group) is 1. The van der Waals surface area contributed by atoms with Crippen LogP contribution in [0.15, 0.2) is 17.5 Å². The first-order valence-electron chi connectivity index (χ1n) is 8.33. The van der Waals surface area contributed by atoms with Crippen molar-refractivity contribution in [1.82, 2.24) is 14.7 Å². The van der Waals surface area contributed by atoms with Crippen molar-refractivity contribution in [2.75, 3.05) is 40.3 Å². The molecule has 0 N–H and O–H groups in total. The molecule has 0 radical (unpaired) electrons. The fraction of sp³-hybridized carbons (Fsp3) is 0.647. The normalized spacial score (nSPS) is 25.0. The van der Waals surface area contributed by atoms with Crippen LogP contribution in [0.25, 0.3) is 0 Å². The first kappa shape index (κ1) is 16.5. The molecule has 2 saturated heterocycles. The van der Waals surface area contributed by atoms with Gasteiger partial charge in [-0.3, -0.25) is 9.59 Å². The Morgan fingerprint density at radius 2 is 2.17 bits per heavy atom. The van der Waals surface area contributed by atoms with Gasteiger partial charge in [0.1, 0.15) is 0 Å². The summed E-state index contributed by atoms with van der Waals surface area (Å²) in [5.74, 6) is 0.592. The number of thiophene rings is 1. The number of likely N-dealkylation sites (tertiary alicyclic amines) is 2. The number of hydrogen-bond donors (Lipinski definition) is 0. The predicted octanol–water partition coefficient (Wildman–Crippen LogP) is 1.76. The van der Waals surface area contributed by atoms with Crippen molar-refractivity contribution >= 4 is 23.2 Å². The summed E-state index contributed by atoms with van der Waals surface area (Å²) in [6.45, 7) is 3.00. The highest BCUT2D eigenvalue weighted by molar-refractivity contribution is 7.12. The Morgan fingerprint density at radius 1 is 1.35 bits per heavy atom. The van der Waals surface area contributed by atoms with Gasteiger partial charge in [-0.05, 0) is 50.2 Å². The van der Waals surface area contributed by atoms with Gasteiger partial charge in [0.2, 0.25) is 5.91 Å². The van der Waals surface area contributed by atoms with Crippen molar-refractivity contribution in [2.24, 2.45) is 5.92 Å². The van der Waals surface area contributed by atoms with Gasteiger partial charge in [0, 0.05) is 26.2 Å². The Kier molecular flexibility index (Phi) is 5.02. The lowest BCUT2D eigenvalue weighted by molar-refractivity contribution is -0.135. The molecule has 3 heterocycles. The van der Waals surface area contributed by atoms with Gasteiger partial charge in [0.05, 0.1) is 11.4 Å². The number of carbonyl (C=O) groups excluding carboxylic acids is 2. The van der Waals surface area contributed by atoms with Gasteiger partial charge in [0.25, 0.3) is 5.91 Å². The van der Waals surface area contributed by atoms with Crippen molar-refractivity contribution in [2.45, 2.75) is 25.3 Å². The van der Waals surface area contributed by atoms with Crippen molar-refractivity contribution in [3.05, 3.63) is 22.4 Å². The van der Waals surface area contributed by atoms with E-state index >= 15 is 0 Å². The molecule has 1 aromatic rings. The zero-order valence-corrected chi connectivity index (χ0v) is 14.7. The average molecular weight is 335 g/mol. The van der Waals surface area contributed by atoms with E-state index in [2.05, 4.69) is 11.9 Å². The van der Waals surface area contributed by atoms with Gasteiger partial charge in [-0.2, -0.15) is 0 Å². The van der Waals surface area contributed by atoms with E-state index in [9.17, 15) is 9.59 Å². The van der Waals surface area contributed by atoms with Crippen molar-refractivity contribution in [3.8, 4) is 0 Å². The molecule has 23 heavy (non-hydrogen) atoms. The monoisotopic (exact) mass is 335 g/mol. The van der Waals surface area contributed by atoms with E-state index in [1.807, 2.05) is 16.3 Å². The molecule has 5 nitrogen and oxygen atoms in total. The number of piperidine rings is 2. The van der Waals surface area contributed by atoms with Crippen molar-refractivity contribution in [3.63, 3.8) is 0 Å². The minimum Gasteiger partial charge on any atom is -0.341 e. The van der Waals surface area contributed by atoms with Crippen molar-refractivity contribution < 1.29 is 9.59 Å². The van der Waals surface area contributed by atoms with E-state index in [0.717, 1.165) is 19.5 Å². The lowest BCUT2D eigenvalue weighted by Crippen LogP contribution is -2.55. The maximum absolute atomic E-state index is 12.6. The molecule has 2 amide bonds. The highest BCUT2D eigenvalue weighted by Gasteiger charge is 2.36. The predicted molar refractivity (Wildman–Crippen MR) is 91.6 cm³/mol. The Hall–Kier alpha value is -1.40. The molecule has 3 rings (SSSR count). The van der Waals surface area contributed by atoms with Crippen LogP contribution in [0, 0.1) is 5.92 Å². The quantitative estimate of drug-likeness (QED) is 0.845. The molecule has 2 atom stereocenters. The van der Waals surface area contributed by atoms with Gasteiger partial charge >= 0.3 is 0 Å². The van der Waals surface area contributed by atoms with E-state index in [-0.39, 0.29) is 18.4 Å². The third-order valence-electron chi connectivity index (χ3n) is 5.15. The van der Waals surface area contributed by atoms with Crippen molar-refractivity contribution in [1.29, 1.82) is 0 Å². The van der Waals surface area contributed by atoms with Gasteiger partial charge in [-0.1, -0.05) is 6.07 Å². The van der Waals surface area contributed by atoms with Gasteiger partial charge in [-0.25, -0.2) is 0 Å². The van der Waals surface area contributed by atoms with E-state index in [4.69, 9.17) is 0 Å². The number of carbonyl (C=O) groups is 2. The second-order valence-corrected chi connectivity index (χ2v) is 7.66. The van der Waals surface area contributed by atoms with E-state index in [1.54, 1.807) is 13.1 Å². The Morgan fingerprint density at radius 3 is 2.91 bits per heavy atom. The second kappa shape index (κ2) is 7.01. The fourth-order valence-corrected chi connectivity index (χ4v) is 4.56. The first-order chi connectivity index (χ1) is 11.1. The summed E-state index contributed by atoms with van der Waals surface area (Å²) >= 11 is 1.42. The molecule has 0 aliphatic carbocycles. The van der Waals surface area contributed by atoms with Crippen LogP contribution in [-0.4, -0.2) is 72.8 Å². The summed E-state index contributed by atoms with van der Waals surface area (Å²) in [6, 6.07) is 4.29. The Bertz CT molecular complexity index is 560. The van der Waals surface area contributed by atoms with E-state index < -0.39 is 0 Å². The van der Waals surface area contributed by atoms with E-state index in [1.165, 1.54) is 35.6 Å². The largest absolute Gasteiger partial charge is 0.341 e. The summed E-state index contributed by atoms with van der Waals surface area (Å²) in [6.07, 6.45) is 3.48. The van der Waals surface area contributed by atoms with Crippen LogP contribution in [0.1, 0.15) is 28.9 Å². The third kappa shape index (κ3) is 3.58. The molecule has 0 spiro atoms. The zero-order valence-electron chi connectivity index (χ0n) is 13.9. The molecular weight excluding hydrogens is 310 g/mol. The topological polar surface area (TPSA) is 43.9 Å². The number of rotatable bonds is 3. The fourth-order valence-electron chi connectivity index (χ4n) is 3.84. The summed E-state index contributed by atoms with van der Waals surface area (Å²) in [5.41, 5.74) is 0. The standard InChI is InChI=1S/C17H25N3O2S/c1-18-8-3-5-13-11-20(9-7-14(13)18)16(21)12-19(2)17(22)15-6-4-10-23-15/h4,6,10,13-14H,3,5,7-9,11-12H2,1-2H3/t13-,14+/m1/s1. The summed E-state index contributed by atoms with van der Waals surface area (Å²) in [5, 5.41) is 1.88. The maximum Gasteiger partial charge on any atom is 0.264 e. The van der Waals surface area contributed by atoms with Crippen LogP contribution in [0.3, 0.4) is 0 Å². The zero-order chi connectivity index (χ0) is 16.4. The molecule has 1 aromatic heterocycles. The molecular formula is C17H25N3O2S. The SMILES string of the molecule is CN(CC(=O)N1CC[C@H]2[C@H](CCCN2C)C1)C(=O)c1cccs1. The summed E-state index contributed by atoms with van der Waals surface area (Å²) in [7, 11) is 3.91. The molecule has 0 aromatic carbocycles. The average Bonchev–Trinajstić information content (AvgIpc) is 3.08. The molecule has 0 unspecified atom stereocenters. The third-order valence-corrected chi connectivity index (χ3v) is 6.01. The number of hydrogen-bond acceptors (Lipinski definition) is 4. The highest BCUT2D eigenvalue weighted by Crippen LogP contribution is 2.29. The Labute approximate surface area is 141 Å². The summed E-state index contributed by atoms with van der Waals surface area (Å²) < 4.78 is 0. The molecule has 0 saturated carbocycles. The van der Waals surface area contributed by atoms with Crippen LogP contribution in [0.4, 0.5) is 0 Å². The highest BCUT2D eigenvalue weighted by atomic mass is 32.1. The smallest absolute Gasteiger partial charge is 0.264 e. The number of fused-ring (bicyclic) bond motifs is 1. The van der Waals surface area contributed by atoms with Gasteiger partial charge in [0.15, 0.2) is 0 Å². The minimum absolute atomic E-state index is 0.0689. The molecule has 2 aliphatic rings. The maximum atomic E-state index is 12.6. The molecule has 126 valence electrons. The number of nitrogens with zero attached hydrogens (tertiary/aromatic N) is 3. The molecule has 0 bridgehead atoms. The van der Waals surface area contributed by atoms with Crippen LogP contribution in [0.5, 0.6) is 0 Å². The first-order valence-corrected chi connectivity index (χ1v) is 9.21. The summed E-state index contributed by atoms with van der Waals surface area (Å²) in [4.78, 5) is 31.4. The Balaban J connectivity index is 1.55. The molecule has 2 fully saturated rings. The lowest BCUT2D eigenvalue weighted by atomic mass is 9.84. The second-order valence-electron chi connectivity index (χ2n) is 6.72. The molecule has 2 aliphatic heterocycles. The van der Waals surface area contributed by atoms with Crippen LogP contribution in [-0.2, 0) is 4.79 Å². The van der Waals surface area contributed by atoms with Gasteiger partial charge in [-0.15, -0.1) is 11.3 Å². The minimum atomic E-state index is -0.0689. The van der Waals surface area contributed by atoms with Crippen LogP contribution in [0.2, 0.25) is 0 Å². The molecule has 6 heteroatoms. The van der Waals surface area contributed by atoms with E-state index in [0.29, 0.717) is 16.8 Å². The van der Waals surface area contributed by atoms with Crippen LogP contribution >= 0.6 is 11.3 Å². The lowest BCUT2D eigenvalue weighted by Gasteiger charge is -2.46. The van der Waals surface area contributed by atoms with Gasteiger partial charge < -0.3 is 14.7 Å².